The molecule has 8 N–H and O–H groups in total. The molecule has 0 bridgehead atoms. The first kappa shape index (κ1) is 69.5. The predicted octanol–water partition coefficient (Wildman–Crippen LogP) is 3.49. The summed E-state index contributed by atoms with van der Waals surface area (Å²) in [6, 6.07) is 28.5. The Labute approximate surface area is 473 Å². The average molecular weight is 1320 g/mol. The number of terminal acetylenes is 1. The normalized spacial score (nSPS) is 13.1. The van der Waals surface area contributed by atoms with Crippen molar-refractivity contribution >= 4 is 44.2 Å². The van der Waals surface area contributed by atoms with Gasteiger partial charge in [-0.3, -0.25) is 18.6 Å². The number of likely N-dealkylation sites (N-methyl/N-ethyl adjacent to an activating group) is 2. The second-order valence-corrected chi connectivity index (χ2v) is 17.4. The van der Waals surface area contributed by atoms with Gasteiger partial charge in [0.25, 0.3) is 0 Å². The van der Waals surface area contributed by atoms with Crippen LogP contribution in [0.15, 0.2) is 97.1 Å². The van der Waals surface area contributed by atoms with E-state index in [0.29, 0.717) is 6.42 Å². The maximum Gasteiger partial charge on any atom is 0.472 e. The Hall–Kier alpha value is -5.51. The maximum absolute atomic E-state index is 12.1. The van der Waals surface area contributed by atoms with Crippen molar-refractivity contribution in [1.29, 1.82) is 0 Å². The molecule has 405 valence electrons. The van der Waals surface area contributed by atoms with Crippen LogP contribution in [-0.4, -0.2) is 166 Å². The van der Waals surface area contributed by atoms with Crippen LogP contribution in [0.25, 0.3) is 22.3 Å². The first-order valence-corrected chi connectivity index (χ1v) is 23.9. The summed E-state index contributed by atoms with van der Waals surface area (Å²) in [5.41, 5.74) is 8.89. The molecule has 6 rings (SSSR count). The second kappa shape index (κ2) is 36.5. The quantitative estimate of drug-likeness (QED) is 0.0289. The molecule has 0 aliphatic heterocycles. The number of benzene rings is 4. The van der Waals surface area contributed by atoms with E-state index in [9.17, 15) is 43.3 Å². The fraction of sp³-hybridized carbons (Fsp3) is 0.353. The van der Waals surface area contributed by atoms with Crippen molar-refractivity contribution < 1.29 is 122 Å². The van der Waals surface area contributed by atoms with E-state index >= 15 is 0 Å². The van der Waals surface area contributed by atoms with Crippen molar-refractivity contribution in [1.82, 2.24) is 31.1 Å². The van der Waals surface area contributed by atoms with Gasteiger partial charge in [-0.25, -0.2) is 18.9 Å². The van der Waals surface area contributed by atoms with E-state index in [2.05, 4.69) is 62.2 Å². The number of carboxylic acids is 1. The Morgan fingerprint density at radius 3 is 1.31 bits per heavy atom. The van der Waals surface area contributed by atoms with Crippen molar-refractivity contribution in [3.05, 3.63) is 126 Å². The van der Waals surface area contributed by atoms with E-state index in [-0.39, 0.29) is 87.2 Å². The molecule has 24 heteroatoms. The molecule has 4 atom stereocenters. The molecule has 75 heavy (non-hydrogen) atoms. The first-order chi connectivity index (χ1) is 34.9. The minimum absolute atomic E-state index is 0. The molecule has 0 aromatic heterocycles. The van der Waals surface area contributed by atoms with Gasteiger partial charge in [0.2, 0.25) is 11.8 Å². The third-order valence-corrected chi connectivity index (χ3v) is 11.4. The van der Waals surface area contributed by atoms with E-state index in [1.165, 1.54) is 30.3 Å². The van der Waals surface area contributed by atoms with Crippen molar-refractivity contribution in [3.8, 4) is 35.1 Å². The van der Waals surface area contributed by atoms with E-state index in [4.69, 9.17) is 19.7 Å². The standard InChI is InChI=1S/C20H22N2O4.C18H17NO5.C9H17N2O6P.C2H7N.C2H2.U.V/c1-22(2)19(24)18(11-23)21-20(25)26-12-17-15-9-5-3-7-13(15)14-8-4-6-10-16(14)17;20-9-16(17(21)22)19-18(23)24-10-15-13-7-3-1-5-11(13)12-6-2-4-8-14(12)15;1-4-5-16-18(14,15)17-6-8(10-7-12)9(13)11(2)3;1-3-2;1-2;;/h3-10,17-18,23H,11-12H2,1-2H3,(H,21,25);1-8,15-16,20H,9-10H2,(H,19,23)(H,21,22);8H,1,4-6H2,2-3H3,(H,10,12)(H,14,15);3H,1-2H3;1-2H;;/q;;-2;;;;. The van der Waals surface area contributed by atoms with Gasteiger partial charge >= 0.3 is 26.0 Å². The number of carbonyl (C=O) groups excluding carboxylic acids is 5. The number of hydrogen-bond donors (Lipinski definition) is 8. The Balaban J connectivity index is 0.00000105. The second-order valence-electron chi connectivity index (χ2n) is 16.0. The molecule has 21 nitrogen and oxygen atoms in total. The van der Waals surface area contributed by atoms with Crippen LogP contribution in [0.5, 0.6) is 0 Å². The van der Waals surface area contributed by atoms with E-state index < -0.39 is 69.8 Å². The van der Waals surface area contributed by atoms with Gasteiger partial charge in [-0.15, -0.1) is 12.8 Å². The summed E-state index contributed by atoms with van der Waals surface area (Å²) in [6.45, 7) is 1.97. The van der Waals surface area contributed by atoms with Gasteiger partial charge in [-0.2, -0.15) is 12.8 Å². The summed E-state index contributed by atoms with van der Waals surface area (Å²) in [4.78, 5) is 80.1. The van der Waals surface area contributed by atoms with Crippen LogP contribution < -0.4 is 21.3 Å². The van der Waals surface area contributed by atoms with Crippen LogP contribution in [0.3, 0.4) is 0 Å². The fourth-order valence-electron chi connectivity index (χ4n) is 7.19. The number of phosphoric acid groups is 1. The Morgan fingerprint density at radius 2 is 1.00 bits per heavy atom. The number of nitrogens with one attached hydrogen (secondary N) is 4. The predicted molar refractivity (Wildman–Crippen MR) is 272 cm³/mol. The number of amides is 5. The van der Waals surface area contributed by atoms with Gasteiger partial charge in [0.05, 0.1) is 19.8 Å². The summed E-state index contributed by atoms with van der Waals surface area (Å²) in [6.07, 6.45) is 8.05. The Kier molecular flexibility index (Phi) is 33.8. The number of hydrogen-bond acceptors (Lipinski definition) is 14. The largest absolute Gasteiger partial charge is 0.520 e. The minimum Gasteiger partial charge on any atom is -0.520 e. The molecule has 0 saturated carbocycles. The van der Waals surface area contributed by atoms with Gasteiger partial charge < -0.3 is 72.5 Å². The van der Waals surface area contributed by atoms with Crippen LogP contribution in [0.4, 0.5) is 9.59 Å². The number of phosphoric ester groups is 1. The van der Waals surface area contributed by atoms with Crippen molar-refractivity contribution in [2.75, 3.05) is 81.9 Å². The molecular formula is C51H65N6O15PUV-2. The molecular weight excluding hydrogens is 1260 g/mol. The smallest absolute Gasteiger partial charge is 0.472 e. The van der Waals surface area contributed by atoms with Crippen molar-refractivity contribution in [2.45, 2.75) is 36.4 Å². The summed E-state index contributed by atoms with van der Waals surface area (Å²) < 4.78 is 31.0. The molecule has 0 spiro atoms. The van der Waals surface area contributed by atoms with Crippen LogP contribution in [0, 0.1) is 50.9 Å². The minimum atomic E-state index is -4.24. The molecule has 0 saturated heterocycles. The topological polar surface area (TPSA) is 292 Å². The molecule has 0 heterocycles. The molecule has 0 fully saturated rings. The number of rotatable bonds is 19. The van der Waals surface area contributed by atoms with Crippen LogP contribution >= 0.6 is 7.82 Å². The van der Waals surface area contributed by atoms with E-state index in [1.807, 2.05) is 99.0 Å². The van der Waals surface area contributed by atoms with Crippen molar-refractivity contribution in [2.24, 2.45) is 0 Å². The molecule has 2 aliphatic rings. The number of aliphatic carboxylic acids is 1. The summed E-state index contributed by atoms with van der Waals surface area (Å²) in [5.74, 6) is -2.34. The molecule has 1 radical (unpaired) electrons. The molecule has 4 unspecified atom stereocenters. The number of aliphatic hydroxyl groups is 2. The van der Waals surface area contributed by atoms with Gasteiger partial charge in [-0.05, 0) is 58.6 Å². The Bertz CT molecular complexity index is 2410. The van der Waals surface area contributed by atoms with E-state index in [1.54, 1.807) is 14.1 Å². The number of aliphatic hydroxyl groups excluding tert-OH is 2. The Morgan fingerprint density at radius 1 is 0.667 bits per heavy atom. The van der Waals surface area contributed by atoms with Gasteiger partial charge in [0, 0.05) is 96.3 Å². The number of carboxylic acid groups (broad SMARTS) is 1. The zero-order valence-electron chi connectivity index (χ0n) is 42.5. The number of fused-ring (bicyclic) bond motifs is 6. The summed E-state index contributed by atoms with van der Waals surface area (Å²) >= 11 is 0. The maximum atomic E-state index is 12.1. The zero-order chi connectivity index (χ0) is 54.7. The van der Waals surface area contributed by atoms with Crippen LogP contribution in [0.1, 0.15) is 40.5 Å². The molecule has 4 aromatic rings. The number of alkyl carbamates (subject to hydrolysis) is 2. The van der Waals surface area contributed by atoms with Crippen LogP contribution in [0.2, 0.25) is 0 Å². The van der Waals surface area contributed by atoms with Gasteiger partial charge in [0.1, 0.15) is 25.3 Å². The van der Waals surface area contributed by atoms with Crippen molar-refractivity contribution in [3.63, 3.8) is 0 Å². The molecule has 4 aromatic carbocycles. The average Bonchev–Trinajstić information content (AvgIpc) is 3.89. The third-order valence-electron chi connectivity index (χ3n) is 10.4. The van der Waals surface area contributed by atoms with Crippen LogP contribution in [-0.2, 0) is 60.8 Å². The third kappa shape index (κ3) is 21.6. The molecule has 2 aliphatic carbocycles. The zero-order valence-corrected chi connectivity index (χ0v) is 49.0. The van der Waals surface area contributed by atoms with Gasteiger partial charge in [0.15, 0.2) is 6.04 Å². The monoisotopic (exact) mass is 1320 g/mol. The number of carbonyl (C=O) groups is 5. The van der Waals surface area contributed by atoms with E-state index in [0.717, 1.165) is 44.5 Å². The summed E-state index contributed by atoms with van der Waals surface area (Å²) in [5, 5.41) is 36.4. The number of nitrogens with zero attached hydrogens (tertiary/aromatic N) is 2. The fourth-order valence-corrected chi connectivity index (χ4v) is 7.96. The SMILES string of the molecule is C#C.CN(C)C(=O)C(CO)NC(=O)OCC1c2ccccc2-c2ccccc21.CNC.O=C(NC(CO)C(=O)O)OCC1c2ccccc2-c2ccccc21.[CH2-]CCOP(=O)(O)OCC(N[C-]=O)C(=O)N(C)C.[U].[V]. The summed E-state index contributed by atoms with van der Waals surface area (Å²) in [7, 11) is 5.58. The number of ether oxygens (including phenoxy) is 2. The van der Waals surface area contributed by atoms with Gasteiger partial charge in [-0.1, -0.05) is 97.1 Å². The first-order valence-electron chi connectivity index (χ1n) is 22.4. The molecule has 5 amide bonds.